The number of thiophene rings is 1. The topological polar surface area (TPSA) is 64.3 Å². The number of hydrogen-bond donors (Lipinski definition) is 2. The third-order valence-electron chi connectivity index (χ3n) is 2.34. The Morgan fingerprint density at radius 3 is 2.81 bits per heavy atom. The van der Waals surface area contributed by atoms with E-state index in [0.717, 1.165) is 0 Å². The van der Waals surface area contributed by atoms with E-state index in [2.05, 4.69) is 36.9 Å². The summed E-state index contributed by atoms with van der Waals surface area (Å²) in [6, 6.07) is 2.45. The van der Waals surface area contributed by atoms with Gasteiger partial charge in [-0.1, -0.05) is 0 Å². The minimum atomic E-state index is -0.725. The molecule has 0 aliphatic heterocycles. The van der Waals surface area contributed by atoms with Crippen molar-refractivity contribution in [3.05, 3.63) is 21.4 Å². The zero-order chi connectivity index (χ0) is 12.1. The summed E-state index contributed by atoms with van der Waals surface area (Å²) in [6.45, 7) is 7.23. The lowest BCUT2D eigenvalue weighted by Gasteiger charge is -2.13. The Balaban J connectivity index is 2.38. The smallest absolute Gasteiger partial charge is 0.404 e. The van der Waals surface area contributed by atoms with Crippen LogP contribution >= 0.6 is 11.3 Å². The van der Waals surface area contributed by atoms with Crippen molar-refractivity contribution in [2.24, 2.45) is 5.73 Å². The van der Waals surface area contributed by atoms with Gasteiger partial charge in [0.05, 0.1) is 0 Å². The molecule has 3 N–H and O–H groups in total. The standard InChI is InChI=1S/C11H18N2O2S/c1-7-6-10(9(3)16-7)8(2)13-4-5-15-11(12)14/h6,8,13H,4-5H2,1-3H3,(H2,12,14). The number of hydrogen-bond acceptors (Lipinski definition) is 4. The molecule has 0 aliphatic rings. The van der Waals surface area contributed by atoms with Gasteiger partial charge in [0.2, 0.25) is 0 Å². The first-order chi connectivity index (χ1) is 7.50. The first-order valence-corrected chi connectivity index (χ1v) is 6.05. The number of carbonyl (C=O) groups excluding carboxylic acids is 1. The lowest BCUT2D eigenvalue weighted by Crippen LogP contribution is -2.26. The molecule has 1 aromatic rings. The van der Waals surface area contributed by atoms with Crippen LogP contribution in [0.5, 0.6) is 0 Å². The van der Waals surface area contributed by atoms with Crippen LogP contribution in [0.1, 0.15) is 28.3 Å². The van der Waals surface area contributed by atoms with E-state index in [1.165, 1.54) is 15.3 Å². The second kappa shape index (κ2) is 5.86. The molecule has 16 heavy (non-hydrogen) atoms. The molecule has 0 saturated heterocycles. The molecule has 1 amide bonds. The van der Waals surface area contributed by atoms with Crippen LogP contribution in [0.4, 0.5) is 4.79 Å². The van der Waals surface area contributed by atoms with Crippen molar-refractivity contribution in [1.29, 1.82) is 0 Å². The molecule has 1 rings (SSSR count). The molecule has 1 heterocycles. The summed E-state index contributed by atoms with van der Waals surface area (Å²) in [4.78, 5) is 13.0. The van der Waals surface area contributed by atoms with Crippen molar-refractivity contribution in [3.8, 4) is 0 Å². The molecule has 0 bridgehead atoms. The van der Waals surface area contributed by atoms with Crippen LogP contribution in [-0.2, 0) is 4.74 Å². The summed E-state index contributed by atoms with van der Waals surface area (Å²) in [7, 11) is 0. The van der Waals surface area contributed by atoms with Crippen LogP contribution in [0.2, 0.25) is 0 Å². The zero-order valence-corrected chi connectivity index (χ0v) is 10.7. The molecule has 1 aromatic heterocycles. The maximum Gasteiger partial charge on any atom is 0.404 e. The van der Waals surface area contributed by atoms with Crippen molar-refractivity contribution >= 4 is 17.4 Å². The number of rotatable bonds is 5. The van der Waals surface area contributed by atoms with Gasteiger partial charge in [-0.2, -0.15) is 0 Å². The quantitative estimate of drug-likeness (QED) is 0.777. The fourth-order valence-corrected chi connectivity index (χ4v) is 2.64. The van der Waals surface area contributed by atoms with Crippen LogP contribution in [0.3, 0.4) is 0 Å². The summed E-state index contributed by atoms with van der Waals surface area (Å²) in [5.41, 5.74) is 6.17. The highest BCUT2D eigenvalue weighted by atomic mass is 32.1. The molecule has 90 valence electrons. The molecule has 0 aliphatic carbocycles. The minimum absolute atomic E-state index is 0.265. The maximum atomic E-state index is 10.3. The summed E-state index contributed by atoms with van der Waals surface area (Å²) < 4.78 is 4.64. The summed E-state index contributed by atoms with van der Waals surface area (Å²) in [6.07, 6.45) is -0.725. The molecule has 1 unspecified atom stereocenters. The van der Waals surface area contributed by atoms with Gasteiger partial charge < -0.3 is 15.8 Å². The number of nitrogens with two attached hydrogens (primary N) is 1. The Morgan fingerprint density at radius 2 is 2.31 bits per heavy atom. The van der Waals surface area contributed by atoms with E-state index in [1.807, 2.05) is 0 Å². The van der Waals surface area contributed by atoms with E-state index < -0.39 is 6.09 Å². The van der Waals surface area contributed by atoms with Crippen molar-refractivity contribution in [1.82, 2.24) is 5.32 Å². The SMILES string of the molecule is Cc1cc(C(C)NCCOC(N)=O)c(C)s1. The van der Waals surface area contributed by atoms with Gasteiger partial charge in [-0.3, -0.25) is 0 Å². The van der Waals surface area contributed by atoms with E-state index in [4.69, 9.17) is 5.73 Å². The van der Waals surface area contributed by atoms with Gasteiger partial charge in [0.1, 0.15) is 6.61 Å². The van der Waals surface area contributed by atoms with Crippen LogP contribution < -0.4 is 11.1 Å². The van der Waals surface area contributed by atoms with Crippen LogP contribution in [0.25, 0.3) is 0 Å². The number of primary amides is 1. The molecule has 0 radical (unpaired) electrons. The molecule has 1 atom stereocenters. The van der Waals surface area contributed by atoms with Crippen molar-refractivity contribution in [2.75, 3.05) is 13.2 Å². The number of aryl methyl sites for hydroxylation is 2. The van der Waals surface area contributed by atoms with E-state index in [0.29, 0.717) is 13.2 Å². The number of nitrogens with one attached hydrogen (secondary N) is 1. The van der Waals surface area contributed by atoms with Gasteiger partial charge in [0.15, 0.2) is 0 Å². The minimum Gasteiger partial charge on any atom is -0.448 e. The molecule has 0 spiro atoms. The Hall–Kier alpha value is -1.07. The van der Waals surface area contributed by atoms with Crippen LogP contribution in [0.15, 0.2) is 6.07 Å². The van der Waals surface area contributed by atoms with E-state index in [-0.39, 0.29) is 6.04 Å². The average Bonchev–Trinajstić information content (AvgIpc) is 2.52. The third kappa shape index (κ3) is 3.83. The molecular weight excluding hydrogens is 224 g/mol. The molecule has 4 nitrogen and oxygen atoms in total. The molecular formula is C11H18N2O2S. The lowest BCUT2D eigenvalue weighted by atomic mass is 10.1. The molecule has 0 saturated carbocycles. The molecule has 0 fully saturated rings. The van der Waals surface area contributed by atoms with Crippen molar-refractivity contribution in [2.45, 2.75) is 26.8 Å². The first-order valence-electron chi connectivity index (χ1n) is 5.23. The van der Waals surface area contributed by atoms with Gasteiger partial charge in [-0.05, 0) is 32.4 Å². The lowest BCUT2D eigenvalue weighted by molar-refractivity contribution is 0.156. The molecule has 0 aromatic carbocycles. The van der Waals surface area contributed by atoms with Gasteiger partial charge in [-0.25, -0.2) is 4.79 Å². The average molecular weight is 242 g/mol. The predicted octanol–water partition coefficient (Wildman–Crippen LogP) is 2.11. The predicted molar refractivity (Wildman–Crippen MR) is 65.7 cm³/mol. The first kappa shape index (κ1) is 13.0. The number of carbonyl (C=O) groups is 1. The highest BCUT2D eigenvalue weighted by Gasteiger charge is 2.10. The second-order valence-electron chi connectivity index (χ2n) is 3.71. The van der Waals surface area contributed by atoms with Crippen LogP contribution in [-0.4, -0.2) is 19.2 Å². The zero-order valence-electron chi connectivity index (χ0n) is 9.87. The van der Waals surface area contributed by atoms with Gasteiger partial charge in [0, 0.05) is 22.3 Å². The summed E-state index contributed by atoms with van der Waals surface area (Å²) >= 11 is 1.80. The highest BCUT2D eigenvalue weighted by molar-refractivity contribution is 7.12. The second-order valence-corrected chi connectivity index (χ2v) is 5.17. The Bertz CT molecular complexity index is 363. The van der Waals surface area contributed by atoms with E-state index in [9.17, 15) is 4.79 Å². The Kier molecular flexibility index (Phi) is 4.76. The molecule has 5 heteroatoms. The Labute approximate surface area is 99.8 Å². The van der Waals surface area contributed by atoms with Crippen molar-refractivity contribution < 1.29 is 9.53 Å². The largest absolute Gasteiger partial charge is 0.448 e. The Morgan fingerprint density at radius 1 is 1.62 bits per heavy atom. The highest BCUT2D eigenvalue weighted by Crippen LogP contribution is 2.25. The normalized spacial score (nSPS) is 12.4. The van der Waals surface area contributed by atoms with Crippen LogP contribution in [0, 0.1) is 13.8 Å². The van der Waals surface area contributed by atoms with Crippen molar-refractivity contribution in [3.63, 3.8) is 0 Å². The van der Waals surface area contributed by atoms with Gasteiger partial charge in [-0.15, -0.1) is 11.3 Å². The van der Waals surface area contributed by atoms with Gasteiger partial charge >= 0.3 is 6.09 Å². The number of amides is 1. The van der Waals surface area contributed by atoms with E-state index in [1.54, 1.807) is 11.3 Å². The summed E-state index contributed by atoms with van der Waals surface area (Å²) in [5, 5.41) is 3.28. The fourth-order valence-electron chi connectivity index (χ4n) is 1.62. The number of ether oxygens (including phenoxy) is 1. The third-order valence-corrected chi connectivity index (χ3v) is 3.32. The summed E-state index contributed by atoms with van der Waals surface area (Å²) in [5.74, 6) is 0. The van der Waals surface area contributed by atoms with E-state index >= 15 is 0 Å². The monoisotopic (exact) mass is 242 g/mol. The maximum absolute atomic E-state index is 10.3. The fraction of sp³-hybridized carbons (Fsp3) is 0.545. The van der Waals surface area contributed by atoms with Gasteiger partial charge in [0.25, 0.3) is 0 Å².